The van der Waals surface area contributed by atoms with E-state index in [4.69, 9.17) is 5.73 Å². The molecule has 4 amide bonds. The third kappa shape index (κ3) is 5.98. The molecule has 2 heterocycles. The fraction of sp³-hybridized carbons (Fsp3) is 0.452. The van der Waals surface area contributed by atoms with Gasteiger partial charge in [0.1, 0.15) is 12.1 Å². The highest BCUT2D eigenvalue weighted by molar-refractivity contribution is 5.96. The van der Waals surface area contributed by atoms with Gasteiger partial charge in [-0.25, -0.2) is 0 Å². The number of anilines is 1. The zero-order chi connectivity index (χ0) is 28.1. The first kappa shape index (κ1) is 27.7. The summed E-state index contributed by atoms with van der Waals surface area (Å²) in [6, 6.07) is 17.0. The van der Waals surface area contributed by atoms with Gasteiger partial charge in [0.05, 0.1) is 13.1 Å². The monoisotopic (exact) mass is 544 g/mol. The van der Waals surface area contributed by atoms with E-state index in [0.29, 0.717) is 44.6 Å². The van der Waals surface area contributed by atoms with Gasteiger partial charge in [0.25, 0.3) is 5.91 Å². The van der Waals surface area contributed by atoms with Gasteiger partial charge in [0.2, 0.25) is 17.7 Å². The van der Waals surface area contributed by atoms with Crippen LogP contribution < -0.4 is 16.0 Å². The number of nitrogens with two attached hydrogens (primary N) is 1. The van der Waals surface area contributed by atoms with Crippen LogP contribution in [0.25, 0.3) is 0 Å². The summed E-state index contributed by atoms with van der Waals surface area (Å²) < 4.78 is 0. The first-order valence-corrected chi connectivity index (χ1v) is 14.3. The molecule has 1 spiro atoms. The van der Waals surface area contributed by atoms with Crippen LogP contribution in [0.1, 0.15) is 60.9 Å². The Bertz CT molecular complexity index is 1220. The van der Waals surface area contributed by atoms with E-state index in [2.05, 4.69) is 10.2 Å². The molecule has 9 nitrogen and oxygen atoms in total. The van der Waals surface area contributed by atoms with Crippen LogP contribution in [-0.2, 0) is 20.8 Å². The molecule has 1 saturated carbocycles. The van der Waals surface area contributed by atoms with Gasteiger partial charge in [-0.2, -0.15) is 0 Å². The molecule has 2 aromatic rings. The van der Waals surface area contributed by atoms with Crippen LogP contribution in [0.3, 0.4) is 0 Å². The number of carbonyl (C=O) groups is 4. The average Bonchev–Trinajstić information content (AvgIpc) is 3.23. The molecule has 1 radical (unpaired) electrons. The second kappa shape index (κ2) is 12.1. The van der Waals surface area contributed by atoms with Gasteiger partial charge in [0.15, 0.2) is 0 Å². The number of rotatable bonds is 8. The van der Waals surface area contributed by atoms with Crippen molar-refractivity contribution < 1.29 is 19.2 Å². The molecule has 9 heteroatoms. The van der Waals surface area contributed by atoms with Crippen molar-refractivity contribution in [2.45, 2.75) is 62.9 Å². The molecule has 3 N–H and O–H groups in total. The lowest BCUT2D eigenvalue weighted by Crippen LogP contribution is -2.57. The van der Waals surface area contributed by atoms with Crippen molar-refractivity contribution in [2.24, 2.45) is 5.73 Å². The van der Waals surface area contributed by atoms with Crippen molar-refractivity contribution in [1.29, 1.82) is 0 Å². The summed E-state index contributed by atoms with van der Waals surface area (Å²) in [5.41, 5.74) is 6.80. The predicted molar refractivity (Wildman–Crippen MR) is 152 cm³/mol. The number of para-hydroxylation sites is 1. The van der Waals surface area contributed by atoms with E-state index in [0.717, 1.165) is 36.9 Å². The molecule has 211 valence electrons. The minimum absolute atomic E-state index is 0.0410. The lowest BCUT2D eigenvalue weighted by Gasteiger charge is -2.43. The molecule has 1 aliphatic carbocycles. The number of hydrogen-bond acceptors (Lipinski definition) is 5. The van der Waals surface area contributed by atoms with Crippen LogP contribution in [0.15, 0.2) is 54.6 Å². The minimum Gasteiger partial charge on any atom is -0.366 e. The van der Waals surface area contributed by atoms with Gasteiger partial charge in [-0.05, 0) is 61.9 Å². The zero-order valence-corrected chi connectivity index (χ0v) is 22.9. The number of primary amides is 1. The van der Waals surface area contributed by atoms with Gasteiger partial charge < -0.3 is 25.8 Å². The van der Waals surface area contributed by atoms with E-state index < -0.39 is 11.4 Å². The number of benzene rings is 2. The predicted octanol–water partition coefficient (Wildman–Crippen LogP) is 2.65. The van der Waals surface area contributed by atoms with Crippen LogP contribution in [0.5, 0.6) is 0 Å². The van der Waals surface area contributed by atoms with Gasteiger partial charge in [0, 0.05) is 30.4 Å². The number of amides is 4. The van der Waals surface area contributed by atoms with Crippen LogP contribution in [0.4, 0.5) is 5.69 Å². The largest absolute Gasteiger partial charge is 0.366 e. The number of carbonyl (C=O) groups excluding carboxylic acids is 4. The zero-order valence-electron chi connectivity index (χ0n) is 22.9. The lowest BCUT2D eigenvalue weighted by molar-refractivity contribution is -0.139. The maximum Gasteiger partial charge on any atom is 0.250 e. The standard InChI is InChI=1S/C31H38N5O4/c32-29(39)24-14-11-23(12-15-24)13-16-28(38)34-19-17-31(18-20-34)30(40)35(22-36(31)26-9-5-2-6-10-26)21-27(37)33-25-7-3-1-4-8-25/h2,5-6,9-12,14-16,25H,1,3-4,7-8,13,17-22H2,(H2,32,39)(H,33,37). The Balaban J connectivity index is 1.22. The van der Waals surface area contributed by atoms with Crippen molar-refractivity contribution in [3.05, 3.63) is 72.1 Å². The molecular formula is C31H38N5O4. The number of piperidine rings is 1. The van der Waals surface area contributed by atoms with E-state index in [1.165, 1.54) is 6.42 Å². The maximum absolute atomic E-state index is 13.9. The molecule has 0 aromatic heterocycles. The number of hydrogen-bond donors (Lipinski definition) is 2. The van der Waals surface area contributed by atoms with Crippen LogP contribution >= 0.6 is 0 Å². The number of nitrogens with zero attached hydrogens (tertiary/aromatic N) is 3. The molecule has 40 heavy (non-hydrogen) atoms. The molecule has 2 saturated heterocycles. The average molecular weight is 545 g/mol. The van der Waals surface area contributed by atoms with E-state index in [9.17, 15) is 19.2 Å². The normalized spacial score (nSPS) is 19.2. The maximum atomic E-state index is 13.9. The molecule has 3 fully saturated rings. The molecule has 0 unspecified atom stereocenters. The molecule has 2 aliphatic heterocycles. The van der Waals surface area contributed by atoms with Gasteiger partial charge in [-0.3, -0.25) is 19.2 Å². The Labute approximate surface area is 235 Å². The topological polar surface area (TPSA) is 116 Å². The fourth-order valence-corrected chi connectivity index (χ4v) is 6.25. The van der Waals surface area contributed by atoms with Crippen molar-refractivity contribution >= 4 is 29.3 Å². The minimum atomic E-state index is -0.784. The van der Waals surface area contributed by atoms with Crippen molar-refractivity contribution in [1.82, 2.24) is 15.1 Å². The first-order chi connectivity index (χ1) is 19.4. The third-order valence-corrected chi connectivity index (χ3v) is 8.54. The van der Waals surface area contributed by atoms with Gasteiger partial charge >= 0.3 is 0 Å². The summed E-state index contributed by atoms with van der Waals surface area (Å²) in [6.45, 7) is 1.30. The Morgan fingerprint density at radius 3 is 2.27 bits per heavy atom. The quantitative estimate of drug-likeness (QED) is 0.530. The summed E-state index contributed by atoms with van der Waals surface area (Å²) in [6.07, 6.45) is 8.55. The summed E-state index contributed by atoms with van der Waals surface area (Å²) >= 11 is 0. The highest BCUT2D eigenvalue weighted by Gasteiger charge is 2.54. The Kier molecular flexibility index (Phi) is 8.38. The third-order valence-electron chi connectivity index (χ3n) is 8.54. The Morgan fingerprint density at radius 1 is 0.950 bits per heavy atom. The molecule has 5 rings (SSSR count). The highest BCUT2D eigenvalue weighted by atomic mass is 16.2. The number of nitrogens with one attached hydrogen (secondary N) is 1. The molecular weight excluding hydrogens is 506 g/mol. The van der Waals surface area contributed by atoms with Crippen LogP contribution in [0.2, 0.25) is 0 Å². The number of likely N-dealkylation sites (tertiary alicyclic amines) is 1. The van der Waals surface area contributed by atoms with E-state index >= 15 is 0 Å². The van der Waals surface area contributed by atoms with Crippen LogP contribution in [0, 0.1) is 6.42 Å². The summed E-state index contributed by atoms with van der Waals surface area (Å²) in [4.78, 5) is 56.7. The molecule has 2 aromatic carbocycles. The summed E-state index contributed by atoms with van der Waals surface area (Å²) in [7, 11) is 0. The Morgan fingerprint density at radius 2 is 1.62 bits per heavy atom. The van der Waals surface area contributed by atoms with Crippen molar-refractivity contribution in [3.63, 3.8) is 0 Å². The van der Waals surface area contributed by atoms with Crippen molar-refractivity contribution in [3.8, 4) is 0 Å². The van der Waals surface area contributed by atoms with Gasteiger partial charge in [-0.1, -0.05) is 49.6 Å². The smallest absolute Gasteiger partial charge is 0.250 e. The van der Waals surface area contributed by atoms with E-state index in [-0.39, 0.29) is 30.3 Å². The molecule has 3 aliphatic rings. The first-order valence-electron chi connectivity index (χ1n) is 14.3. The van der Waals surface area contributed by atoms with E-state index in [1.807, 2.05) is 30.3 Å². The second-order valence-corrected chi connectivity index (χ2v) is 11.1. The SMILES string of the molecule is NC(=O)c1ccc(C[CH]C(=O)N2CCC3(CC2)C(=O)N(CC(=O)NC2CCCCC2)CN3c2ccccc2)cc1. The molecule has 0 bridgehead atoms. The summed E-state index contributed by atoms with van der Waals surface area (Å²) in [5, 5.41) is 3.14. The fourth-order valence-electron chi connectivity index (χ4n) is 6.25. The van der Waals surface area contributed by atoms with Crippen molar-refractivity contribution in [2.75, 3.05) is 31.2 Å². The lowest BCUT2D eigenvalue weighted by atomic mass is 9.85. The summed E-state index contributed by atoms with van der Waals surface area (Å²) in [5.74, 6) is -0.699. The van der Waals surface area contributed by atoms with E-state index in [1.54, 1.807) is 40.5 Å². The molecule has 0 atom stereocenters. The van der Waals surface area contributed by atoms with Gasteiger partial charge in [-0.15, -0.1) is 0 Å². The Hall–Kier alpha value is -3.88. The second-order valence-electron chi connectivity index (χ2n) is 11.1. The highest BCUT2D eigenvalue weighted by Crippen LogP contribution is 2.39. The van der Waals surface area contributed by atoms with Crippen LogP contribution in [-0.4, -0.2) is 71.3 Å².